The summed E-state index contributed by atoms with van der Waals surface area (Å²) in [6, 6.07) is 0. The summed E-state index contributed by atoms with van der Waals surface area (Å²) in [6.07, 6.45) is 1.62. The Kier molecular flexibility index (Phi) is 2.52. The monoisotopic (exact) mass is 196 g/mol. The maximum absolute atomic E-state index is 10.9. The van der Waals surface area contributed by atoms with E-state index in [2.05, 4.69) is 0 Å². The molecule has 0 heterocycles. The molecule has 78 valence electrons. The molecule has 0 saturated heterocycles. The van der Waals surface area contributed by atoms with Gasteiger partial charge in [0.1, 0.15) is 11.6 Å². The van der Waals surface area contributed by atoms with E-state index in [1.54, 1.807) is 13.0 Å². The minimum atomic E-state index is -1.27. The van der Waals surface area contributed by atoms with Crippen molar-refractivity contribution in [1.82, 2.24) is 0 Å². The summed E-state index contributed by atoms with van der Waals surface area (Å²) >= 11 is 0. The molecule has 4 heteroatoms. The molecule has 0 aromatic heterocycles. The van der Waals surface area contributed by atoms with Gasteiger partial charge in [0, 0.05) is 0 Å². The van der Waals surface area contributed by atoms with Gasteiger partial charge in [-0.15, -0.1) is 0 Å². The highest BCUT2D eigenvalue weighted by molar-refractivity contribution is 5.76. The summed E-state index contributed by atoms with van der Waals surface area (Å²) in [7, 11) is 0. The van der Waals surface area contributed by atoms with Gasteiger partial charge in [-0.05, 0) is 31.9 Å². The van der Waals surface area contributed by atoms with E-state index in [9.17, 15) is 4.79 Å². The second-order valence-corrected chi connectivity index (χ2v) is 3.85. The molecule has 0 fully saturated rings. The molecule has 0 bridgehead atoms. The molecule has 1 rings (SSSR count). The van der Waals surface area contributed by atoms with E-state index in [-0.39, 0.29) is 0 Å². The molecule has 0 radical (unpaired) electrons. The summed E-state index contributed by atoms with van der Waals surface area (Å²) < 4.78 is 0. The first-order valence-electron chi connectivity index (χ1n) is 4.45. The van der Waals surface area contributed by atoms with Crippen LogP contribution in [-0.4, -0.2) is 16.7 Å². The van der Waals surface area contributed by atoms with Gasteiger partial charge in [0.15, 0.2) is 0 Å². The molecular weight excluding hydrogens is 180 g/mol. The van der Waals surface area contributed by atoms with Crippen molar-refractivity contribution in [2.75, 3.05) is 0 Å². The van der Waals surface area contributed by atoms with Crippen molar-refractivity contribution in [1.29, 1.82) is 0 Å². The Bertz CT molecular complexity index is 340. The topological polar surface area (TPSA) is 89.3 Å². The van der Waals surface area contributed by atoms with Crippen molar-refractivity contribution in [3.8, 4) is 0 Å². The summed E-state index contributed by atoms with van der Waals surface area (Å²) in [5, 5.41) is 8.97. The molecule has 0 saturated carbocycles. The van der Waals surface area contributed by atoms with Crippen LogP contribution in [0.2, 0.25) is 0 Å². The van der Waals surface area contributed by atoms with Crippen LogP contribution in [0.4, 0.5) is 0 Å². The van der Waals surface area contributed by atoms with E-state index in [0.29, 0.717) is 0 Å². The summed E-state index contributed by atoms with van der Waals surface area (Å²) in [5.74, 6) is -1.83. The van der Waals surface area contributed by atoms with E-state index in [1.807, 2.05) is 13.8 Å². The van der Waals surface area contributed by atoms with Crippen LogP contribution in [0.5, 0.6) is 0 Å². The Balaban J connectivity index is 3.25. The quantitative estimate of drug-likeness (QED) is 0.536. The van der Waals surface area contributed by atoms with Crippen molar-refractivity contribution in [3.05, 3.63) is 22.8 Å². The normalized spacial score (nSPS) is 26.1. The van der Waals surface area contributed by atoms with Crippen LogP contribution in [0.1, 0.15) is 20.8 Å². The number of aliphatic carboxylic acids is 1. The maximum atomic E-state index is 10.9. The van der Waals surface area contributed by atoms with Crippen LogP contribution >= 0.6 is 0 Å². The van der Waals surface area contributed by atoms with Crippen LogP contribution < -0.4 is 11.5 Å². The van der Waals surface area contributed by atoms with E-state index in [4.69, 9.17) is 16.6 Å². The van der Waals surface area contributed by atoms with E-state index < -0.39 is 17.6 Å². The van der Waals surface area contributed by atoms with Crippen molar-refractivity contribution in [2.45, 2.75) is 26.4 Å². The summed E-state index contributed by atoms with van der Waals surface area (Å²) in [5.41, 5.74) is 13.0. The number of allylic oxidation sites excluding steroid dienone is 2. The SMILES string of the molecule is CC1=CC(C(=O)O)C(N)(N)C(C)=C1C. The first kappa shape index (κ1) is 10.9. The maximum Gasteiger partial charge on any atom is 0.314 e. The second-order valence-electron chi connectivity index (χ2n) is 3.85. The molecule has 0 spiro atoms. The van der Waals surface area contributed by atoms with E-state index in [0.717, 1.165) is 16.7 Å². The zero-order valence-electron chi connectivity index (χ0n) is 8.66. The average Bonchev–Trinajstić information content (AvgIpc) is 2.08. The number of rotatable bonds is 1. The Hall–Kier alpha value is -1.13. The third-order valence-corrected chi connectivity index (χ3v) is 3.00. The third-order valence-electron chi connectivity index (χ3n) is 3.00. The Morgan fingerprint density at radius 1 is 1.43 bits per heavy atom. The van der Waals surface area contributed by atoms with Crippen LogP contribution in [0.25, 0.3) is 0 Å². The summed E-state index contributed by atoms with van der Waals surface area (Å²) in [6.45, 7) is 5.54. The Morgan fingerprint density at radius 2 is 1.93 bits per heavy atom. The molecule has 4 nitrogen and oxygen atoms in total. The van der Waals surface area contributed by atoms with Gasteiger partial charge < -0.3 is 16.6 Å². The molecule has 1 atom stereocenters. The highest BCUT2D eigenvalue weighted by atomic mass is 16.4. The fourth-order valence-corrected chi connectivity index (χ4v) is 1.64. The molecule has 1 aliphatic carbocycles. The fraction of sp³-hybridized carbons (Fsp3) is 0.500. The number of nitrogens with two attached hydrogens (primary N) is 2. The predicted molar refractivity (Wildman–Crippen MR) is 54.4 cm³/mol. The van der Waals surface area contributed by atoms with Crippen LogP contribution in [0, 0.1) is 5.92 Å². The van der Waals surface area contributed by atoms with Crippen LogP contribution in [-0.2, 0) is 4.79 Å². The zero-order valence-corrected chi connectivity index (χ0v) is 8.66. The molecule has 0 amide bonds. The van der Waals surface area contributed by atoms with Gasteiger partial charge in [-0.1, -0.05) is 11.6 Å². The van der Waals surface area contributed by atoms with Crippen molar-refractivity contribution in [2.24, 2.45) is 17.4 Å². The first-order valence-corrected chi connectivity index (χ1v) is 4.45. The number of hydrogen-bond donors (Lipinski definition) is 3. The highest BCUT2D eigenvalue weighted by Crippen LogP contribution is 2.32. The Labute approximate surface area is 83.3 Å². The van der Waals surface area contributed by atoms with E-state index >= 15 is 0 Å². The molecule has 0 aromatic carbocycles. The third kappa shape index (κ3) is 1.47. The number of hydrogen-bond acceptors (Lipinski definition) is 3. The lowest BCUT2D eigenvalue weighted by Crippen LogP contribution is -2.59. The predicted octanol–water partition coefficient (Wildman–Crippen LogP) is 0.597. The molecule has 5 N–H and O–H groups in total. The highest BCUT2D eigenvalue weighted by Gasteiger charge is 2.40. The first-order chi connectivity index (χ1) is 6.28. The largest absolute Gasteiger partial charge is 0.481 e. The van der Waals surface area contributed by atoms with Crippen molar-refractivity contribution < 1.29 is 9.90 Å². The van der Waals surface area contributed by atoms with Gasteiger partial charge in [-0.25, -0.2) is 0 Å². The molecule has 1 unspecified atom stereocenters. The van der Waals surface area contributed by atoms with Crippen LogP contribution in [0.3, 0.4) is 0 Å². The second kappa shape index (κ2) is 3.22. The van der Waals surface area contributed by atoms with Gasteiger partial charge in [-0.3, -0.25) is 4.79 Å². The van der Waals surface area contributed by atoms with Gasteiger partial charge >= 0.3 is 5.97 Å². The average molecular weight is 196 g/mol. The smallest absolute Gasteiger partial charge is 0.314 e. The minimum absolute atomic E-state index is 0.741. The number of carboxylic acids is 1. The fourth-order valence-electron chi connectivity index (χ4n) is 1.64. The van der Waals surface area contributed by atoms with Gasteiger partial charge in [-0.2, -0.15) is 0 Å². The lowest BCUT2D eigenvalue weighted by molar-refractivity contribution is -0.141. The van der Waals surface area contributed by atoms with Gasteiger partial charge in [0.2, 0.25) is 0 Å². The number of carboxylic acid groups (broad SMARTS) is 1. The zero-order chi connectivity index (χ0) is 11.1. The lowest BCUT2D eigenvalue weighted by atomic mass is 9.78. The summed E-state index contributed by atoms with van der Waals surface area (Å²) in [4.78, 5) is 10.9. The number of carbonyl (C=O) groups is 1. The molecule has 0 aliphatic heterocycles. The van der Waals surface area contributed by atoms with Gasteiger partial charge in [0.05, 0.1) is 0 Å². The molecular formula is C10H16N2O2. The van der Waals surface area contributed by atoms with Crippen molar-refractivity contribution >= 4 is 5.97 Å². The van der Waals surface area contributed by atoms with E-state index in [1.165, 1.54) is 0 Å². The van der Waals surface area contributed by atoms with Crippen LogP contribution in [0.15, 0.2) is 22.8 Å². The molecule has 1 aliphatic rings. The standard InChI is InChI=1S/C10H16N2O2/c1-5-4-8(9(13)14)10(11,12)7(3)6(5)2/h4,8H,11-12H2,1-3H3,(H,13,14). The van der Waals surface area contributed by atoms with Crippen molar-refractivity contribution in [3.63, 3.8) is 0 Å². The lowest BCUT2D eigenvalue weighted by Gasteiger charge is -2.35. The minimum Gasteiger partial charge on any atom is -0.481 e. The Morgan fingerprint density at radius 3 is 2.36 bits per heavy atom. The molecule has 0 aromatic rings. The van der Waals surface area contributed by atoms with Gasteiger partial charge in [0.25, 0.3) is 0 Å². The molecule has 14 heavy (non-hydrogen) atoms.